The van der Waals surface area contributed by atoms with E-state index in [1.54, 1.807) is 11.3 Å². The predicted octanol–water partition coefficient (Wildman–Crippen LogP) is 4.49. The molecule has 1 aromatic carbocycles. The number of fused-ring (bicyclic) bond motifs is 1. The van der Waals surface area contributed by atoms with Crippen molar-refractivity contribution in [3.8, 4) is 0 Å². The van der Waals surface area contributed by atoms with E-state index in [1.165, 1.54) is 11.5 Å². The standard InChI is InChI=1S/C15H14N2OS2/c1-2-13(11-5-6-19-9-11)15(18)17-12-4-3-10-8-16-20-14(10)7-12/h3-9,13H,2H2,1H3,(H,17,18). The Morgan fingerprint density at radius 2 is 2.30 bits per heavy atom. The summed E-state index contributed by atoms with van der Waals surface area (Å²) in [5.74, 6) is -0.0341. The smallest absolute Gasteiger partial charge is 0.231 e. The van der Waals surface area contributed by atoms with Crippen LogP contribution in [0.25, 0.3) is 10.1 Å². The molecule has 0 aliphatic heterocycles. The van der Waals surface area contributed by atoms with Gasteiger partial charge in [-0.2, -0.15) is 15.7 Å². The minimum absolute atomic E-state index is 0.0507. The third-order valence-electron chi connectivity index (χ3n) is 3.29. The Morgan fingerprint density at radius 3 is 3.05 bits per heavy atom. The summed E-state index contributed by atoms with van der Waals surface area (Å²) in [6, 6.07) is 7.91. The Kier molecular flexibility index (Phi) is 3.80. The summed E-state index contributed by atoms with van der Waals surface area (Å²) in [7, 11) is 0. The number of rotatable bonds is 4. The molecule has 1 N–H and O–H groups in total. The van der Waals surface area contributed by atoms with Gasteiger partial charge < -0.3 is 5.32 Å². The molecule has 20 heavy (non-hydrogen) atoms. The van der Waals surface area contributed by atoms with Crippen LogP contribution in [0.15, 0.2) is 41.2 Å². The highest BCUT2D eigenvalue weighted by atomic mass is 32.1. The van der Waals surface area contributed by atoms with Crippen LogP contribution in [0.3, 0.4) is 0 Å². The number of hydrogen-bond acceptors (Lipinski definition) is 4. The topological polar surface area (TPSA) is 42.0 Å². The molecule has 1 atom stereocenters. The number of anilines is 1. The van der Waals surface area contributed by atoms with E-state index in [4.69, 9.17) is 0 Å². The van der Waals surface area contributed by atoms with E-state index in [-0.39, 0.29) is 11.8 Å². The van der Waals surface area contributed by atoms with Gasteiger partial charge in [-0.15, -0.1) is 0 Å². The zero-order chi connectivity index (χ0) is 13.9. The second-order valence-electron chi connectivity index (χ2n) is 4.59. The van der Waals surface area contributed by atoms with Gasteiger partial charge in [0.1, 0.15) is 0 Å². The van der Waals surface area contributed by atoms with Gasteiger partial charge in [0, 0.05) is 17.3 Å². The highest BCUT2D eigenvalue weighted by molar-refractivity contribution is 7.13. The maximum Gasteiger partial charge on any atom is 0.231 e. The number of carbonyl (C=O) groups excluding carboxylic acids is 1. The van der Waals surface area contributed by atoms with Crippen LogP contribution in [0.2, 0.25) is 0 Å². The summed E-state index contributed by atoms with van der Waals surface area (Å²) in [6.45, 7) is 2.04. The second kappa shape index (κ2) is 5.73. The van der Waals surface area contributed by atoms with Crippen LogP contribution >= 0.6 is 22.9 Å². The van der Waals surface area contributed by atoms with Gasteiger partial charge in [0.05, 0.1) is 10.6 Å². The summed E-state index contributed by atoms with van der Waals surface area (Å²) >= 11 is 3.06. The van der Waals surface area contributed by atoms with Crippen molar-refractivity contribution in [2.24, 2.45) is 0 Å². The lowest BCUT2D eigenvalue weighted by Crippen LogP contribution is -2.20. The first-order chi connectivity index (χ1) is 9.78. The molecular formula is C15H14N2OS2. The number of nitrogens with one attached hydrogen (secondary N) is 1. The highest BCUT2D eigenvalue weighted by Crippen LogP contribution is 2.26. The van der Waals surface area contributed by atoms with Crippen molar-refractivity contribution in [3.63, 3.8) is 0 Å². The van der Waals surface area contributed by atoms with Gasteiger partial charge in [-0.1, -0.05) is 6.92 Å². The fraction of sp³-hybridized carbons (Fsp3) is 0.200. The largest absolute Gasteiger partial charge is 0.326 e. The molecular weight excluding hydrogens is 288 g/mol. The van der Waals surface area contributed by atoms with Crippen LogP contribution in [0.5, 0.6) is 0 Å². The maximum atomic E-state index is 12.4. The van der Waals surface area contributed by atoms with Gasteiger partial charge in [0.25, 0.3) is 0 Å². The molecule has 0 bridgehead atoms. The van der Waals surface area contributed by atoms with E-state index in [9.17, 15) is 4.79 Å². The van der Waals surface area contributed by atoms with E-state index in [1.807, 2.05) is 48.1 Å². The number of aromatic nitrogens is 1. The molecule has 1 amide bonds. The van der Waals surface area contributed by atoms with Gasteiger partial charge in [0.15, 0.2) is 0 Å². The molecule has 0 saturated carbocycles. The molecule has 0 fully saturated rings. The predicted molar refractivity (Wildman–Crippen MR) is 85.6 cm³/mol. The zero-order valence-electron chi connectivity index (χ0n) is 11.0. The van der Waals surface area contributed by atoms with Gasteiger partial charge in [0.2, 0.25) is 5.91 Å². The highest BCUT2D eigenvalue weighted by Gasteiger charge is 2.19. The molecule has 3 aromatic rings. The Morgan fingerprint density at radius 1 is 1.40 bits per heavy atom. The Labute approximate surface area is 125 Å². The number of hydrogen-bond donors (Lipinski definition) is 1. The van der Waals surface area contributed by atoms with Crippen LogP contribution in [0.4, 0.5) is 5.69 Å². The van der Waals surface area contributed by atoms with Crippen molar-refractivity contribution in [3.05, 3.63) is 46.8 Å². The molecule has 3 nitrogen and oxygen atoms in total. The summed E-state index contributed by atoms with van der Waals surface area (Å²) < 4.78 is 5.23. The van der Waals surface area contributed by atoms with Crippen molar-refractivity contribution in [1.29, 1.82) is 0 Å². The average molecular weight is 302 g/mol. The lowest BCUT2D eigenvalue weighted by molar-refractivity contribution is -0.117. The number of amides is 1. The first-order valence-corrected chi connectivity index (χ1v) is 8.17. The molecule has 102 valence electrons. The van der Waals surface area contributed by atoms with E-state index in [0.29, 0.717) is 0 Å². The first kappa shape index (κ1) is 13.3. The molecule has 0 saturated heterocycles. The summed E-state index contributed by atoms with van der Waals surface area (Å²) in [5.41, 5.74) is 1.93. The van der Waals surface area contributed by atoms with Crippen molar-refractivity contribution < 1.29 is 4.79 Å². The maximum absolute atomic E-state index is 12.4. The Hall–Kier alpha value is -1.72. The SMILES string of the molecule is CCC(C(=O)Nc1ccc2cnsc2c1)c1ccsc1. The van der Waals surface area contributed by atoms with E-state index >= 15 is 0 Å². The zero-order valence-corrected chi connectivity index (χ0v) is 12.6. The van der Waals surface area contributed by atoms with Gasteiger partial charge in [-0.25, -0.2) is 0 Å². The molecule has 0 spiro atoms. The third kappa shape index (κ3) is 2.59. The van der Waals surface area contributed by atoms with Crippen LogP contribution in [0.1, 0.15) is 24.8 Å². The van der Waals surface area contributed by atoms with Crippen molar-refractivity contribution in [2.75, 3.05) is 5.32 Å². The minimum atomic E-state index is -0.0848. The molecule has 1 unspecified atom stereocenters. The van der Waals surface area contributed by atoms with E-state index in [2.05, 4.69) is 9.69 Å². The number of carbonyl (C=O) groups is 1. The Balaban J connectivity index is 1.80. The molecule has 0 radical (unpaired) electrons. The summed E-state index contributed by atoms with van der Waals surface area (Å²) in [4.78, 5) is 12.4. The number of nitrogens with zero attached hydrogens (tertiary/aromatic N) is 1. The lowest BCUT2D eigenvalue weighted by atomic mass is 9.98. The fourth-order valence-corrected chi connectivity index (χ4v) is 3.61. The fourth-order valence-electron chi connectivity index (χ4n) is 2.21. The van der Waals surface area contributed by atoms with Gasteiger partial charge in [-0.3, -0.25) is 4.79 Å². The monoisotopic (exact) mass is 302 g/mol. The second-order valence-corrected chi connectivity index (χ2v) is 6.20. The van der Waals surface area contributed by atoms with E-state index in [0.717, 1.165) is 27.8 Å². The van der Waals surface area contributed by atoms with Crippen LogP contribution in [-0.2, 0) is 4.79 Å². The summed E-state index contributed by atoms with van der Waals surface area (Å²) in [5, 5.41) is 8.17. The summed E-state index contributed by atoms with van der Waals surface area (Å²) in [6.07, 6.45) is 2.64. The third-order valence-corrected chi connectivity index (χ3v) is 4.76. The van der Waals surface area contributed by atoms with Crippen LogP contribution in [-0.4, -0.2) is 10.3 Å². The van der Waals surface area contributed by atoms with Gasteiger partial charge in [-0.05, 0) is 58.5 Å². The van der Waals surface area contributed by atoms with E-state index < -0.39 is 0 Å². The van der Waals surface area contributed by atoms with Crippen LogP contribution < -0.4 is 5.32 Å². The Bertz CT molecular complexity index is 718. The van der Waals surface area contributed by atoms with Crippen LogP contribution in [0, 0.1) is 0 Å². The number of benzene rings is 1. The quantitative estimate of drug-likeness (QED) is 0.771. The van der Waals surface area contributed by atoms with Crippen molar-refractivity contribution in [2.45, 2.75) is 19.3 Å². The molecule has 3 rings (SSSR count). The lowest BCUT2D eigenvalue weighted by Gasteiger charge is -2.13. The average Bonchev–Trinajstić information content (AvgIpc) is 3.09. The van der Waals surface area contributed by atoms with Crippen molar-refractivity contribution in [1.82, 2.24) is 4.37 Å². The molecule has 2 aromatic heterocycles. The molecule has 5 heteroatoms. The molecule has 2 heterocycles. The minimum Gasteiger partial charge on any atom is -0.326 e. The normalized spacial score (nSPS) is 12.4. The molecule has 0 aliphatic rings. The number of thiophene rings is 1. The first-order valence-electron chi connectivity index (χ1n) is 6.45. The van der Waals surface area contributed by atoms with Crippen molar-refractivity contribution >= 4 is 44.5 Å². The molecule has 0 aliphatic carbocycles. The van der Waals surface area contributed by atoms with Gasteiger partial charge >= 0.3 is 0 Å².